The Balaban J connectivity index is 1.91. The lowest BCUT2D eigenvalue weighted by atomic mass is 10.1. The summed E-state index contributed by atoms with van der Waals surface area (Å²) in [5.41, 5.74) is 2.53. The van der Waals surface area contributed by atoms with Crippen LogP contribution in [0, 0.1) is 13.8 Å². The van der Waals surface area contributed by atoms with E-state index in [4.69, 9.17) is 14.3 Å². The second kappa shape index (κ2) is 7.63. The average Bonchev–Trinajstić information content (AvgIpc) is 3.16. The number of hydrogen-bond acceptors (Lipinski definition) is 7. The van der Waals surface area contributed by atoms with Crippen LogP contribution in [0.2, 0.25) is 0 Å². The first-order chi connectivity index (χ1) is 12.9. The molecule has 0 unspecified atom stereocenters. The molecule has 2 heterocycles. The van der Waals surface area contributed by atoms with Crippen molar-refractivity contribution in [2.75, 3.05) is 32.1 Å². The number of oxazole rings is 1. The molecule has 3 rings (SSSR count). The summed E-state index contributed by atoms with van der Waals surface area (Å²) in [6, 6.07) is 7.21. The summed E-state index contributed by atoms with van der Waals surface area (Å²) in [5.74, 6) is 0.277. The fourth-order valence-electron chi connectivity index (χ4n) is 2.82. The second-order valence-corrected chi connectivity index (χ2v) is 6.16. The standard InChI is InChI=1S/C19H21N3O5/c1-11-12(2)27-17(20-11)13-5-4-6-14(9-13)21-16-15(19(25)26-3)10-22(7-8-23)18(16)24/h4-6,9,21,23H,7-8,10H2,1-3H3. The first-order valence-corrected chi connectivity index (χ1v) is 8.47. The number of hydrogen-bond donors (Lipinski definition) is 2. The number of aliphatic hydroxyl groups is 1. The van der Waals surface area contributed by atoms with Crippen molar-refractivity contribution in [3.05, 3.63) is 47.0 Å². The molecule has 0 spiro atoms. The number of β-amino-alcohol motifs (C(OH)–C–C–N with tert-alkyl or cyclic N) is 1. The zero-order valence-electron chi connectivity index (χ0n) is 15.4. The lowest BCUT2D eigenvalue weighted by Crippen LogP contribution is -2.31. The number of aryl methyl sites for hydroxylation is 2. The van der Waals surface area contributed by atoms with E-state index in [1.54, 1.807) is 18.2 Å². The van der Waals surface area contributed by atoms with Gasteiger partial charge in [-0.3, -0.25) is 4.79 Å². The molecular formula is C19H21N3O5. The van der Waals surface area contributed by atoms with Crippen molar-refractivity contribution in [3.8, 4) is 11.5 Å². The largest absolute Gasteiger partial charge is 0.466 e. The molecule has 2 N–H and O–H groups in total. The molecule has 0 radical (unpaired) electrons. The molecule has 1 aromatic heterocycles. The van der Waals surface area contributed by atoms with Gasteiger partial charge in [0.25, 0.3) is 5.91 Å². The van der Waals surface area contributed by atoms with Crippen LogP contribution >= 0.6 is 0 Å². The number of nitrogens with one attached hydrogen (secondary N) is 1. The average molecular weight is 371 g/mol. The highest BCUT2D eigenvalue weighted by Gasteiger charge is 2.34. The lowest BCUT2D eigenvalue weighted by Gasteiger charge is -2.15. The number of amides is 1. The van der Waals surface area contributed by atoms with E-state index < -0.39 is 5.97 Å². The predicted octanol–water partition coefficient (Wildman–Crippen LogP) is 1.63. The van der Waals surface area contributed by atoms with Crippen LogP contribution < -0.4 is 5.32 Å². The number of methoxy groups -OCH3 is 1. The van der Waals surface area contributed by atoms with Crippen molar-refractivity contribution in [3.63, 3.8) is 0 Å². The Kier molecular flexibility index (Phi) is 5.27. The molecule has 0 atom stereocenters. The van der Waals surface area contributed by atoms with E-state index in [0.29, 0.717) is 11.6 Å². The number of anilines is 1. The molecule has 0 saturated heterocycles. The molecule has 0 bridgehead atoms. The summed E-state index contributed by atoms with van der Waals surface area (Å²) in [5, 5.41) is 12.1. The smallest absolute Gasteiger partial charge is 0.337 e. The number of carbonyl (C=O) groups is 2. The molecule has 27 heavy (non-hydrogen) atoms. The molecule has 1 aliphatic heterocycles. The van der Waals surface area contributed by atoms with E-state index in [0.717, 1.165) is 17.0 Å². The van der Waals surface area contributed by atoms with Crippen molar-refractivity contribution in [1.29, 1.82) is 0 Å². The molecular weight excluding hydrogens is 350 g/mol. The topological polar surface area (TPSA) is 105 Å². The Labute approximate surface area is 156 Å². The molecule has 2 aromatic rings. The monoisotopic (exact) mass is 371 g/mol. The van der Waals surface area contributed by atoms with Crippen LogP contribution in [-0.2, 0) is 14.3 Å². The first-order valence-electron chi connectivity index (χ1n) is 8.47. The Morgan fingerprint density at radius 2 is 2.19 bits per heavy atom. The van der Waals surface area contributed by atoms with E-state index in [1.807, 2.05) is 19.9 Å². The minimum atomic E-state index is -0.582. The maximum absolute atomic E-state index is 12.6. The second-order valence-electron chi connectivity index (χ2n) is 6.16. The van der Waals surface area contributed by atoms with Crippen molar-refractivity contribution >= 4 is 17.6 Å². The van der Waals surface area contributed by atoms with Gasteiger partial charge in [-0.25, -0.2) is 9.78 Å². The van der Waals surface area contributed by atoms with Gasteiger partial charge in [0.1, 0.15) is 11.5 Å². The van der Waals surface area contributed by atoms with Crippen LogP contribution in [0.15, 0.2) is 40.0 Å². The number of nitrogens with zero attached hydrogens (tertiary/aromatic N) is 2. The van der Waals surface area contributed by atoms with Crippen LogP contribution in [-0.4, -0.2) is 53.7 Å². The van der Waals surface area contributed by atoms with E-state index in [-0.39, 0.29) is 36.9 Å². The van der Waals surface area contributed by atoms with Crippen LogP contribution in [0.4, 0.5) is 5.69 Å². The number of benzene rings is 1. The molecule has 0 fully saturated rings. The van der Waals surface area contributed by atoms with Gasteiger partial charge in [-0.15, -0.1) is 0 Å². The van der Waals surface area contributed by atoms with Crippen LogP contribution in [0.3, 0.4) is 0 Å². The van der Waals surface area contributed by atoms with Gasteiger partial charge in [-0.2, -0.15) is 0 Å². The summed E-state index contributed by atoms with van der Waals surface area (Å²) >= 11 is 0. The van der Waals surface area contributed by atoms with Crippen LogP contribution in [0.5, 0.6) is 0 Å². The zero-order chi connectivity index (χ0) is 19.6. The summed E-state index contributed by atoms with van der Waals surface area (Å²) in [7, 11) is 1.26. The zero-order valence-corrected chi connectivity index (χ0v) is 15.4. The van der Waals surface area contributed by atoms with E-state index in [9.17, 15) is 9.59 Å². The number of ether oxygens (including phenoxy) is 1. The summed E-state index contributed by atoms with van der Waals surface area (Å²) in [6.07, 6.45) is 0. The SMILES string of the molecule is COC(=O)C1=C(Nc2cccc(-c3nc(C)c(C)o3)c2)C(=O)N(CCO)C1. The van der Waals surface area contributed by atoms with E-state index in [2.05, 4.69) is 10.3 Å². The third-order valence-corrected chi connectivity index (χ3v) is 4.36. The summed E-state index contributed by atoms with van der Waals surface area (Å²) in [6.45, 7) is 3.75. The maximum Gasteiger partial charge on any atom is 0.337 e. The Hall–Kier alpha value is -3.13. The van der Waals surface area contributed by atoms with Crippen molar-refractivity contribution in [2.45, 2.75) is 13.8 Å². The quantitative estimate of drug-likeness (QED) is 0.744. The van der Waals surface area contributed by atoms with E-state index in [1.165, 1.54) is 12.0 Å². The van der Waals surface area contributed by atoms with Crippen molar-refractivity contribution in [1.82, 2.24) is 9.88 Å². The van der Waals surface area contributed by atoms with Gasteiger partial charge >= 0.3 is 5.97 Å². The van der Waals surface area contributed by atoms with Gasteiger partial charge in [0.05, 0.1) is 31.5 Å². The van der Waals surface area contributed by atoms with Crippen molar-refractivity contribution in [2.24, 2.45) is 0 Å². The molecule has 1 amide bonds. The highest BCUT2D eigenvalue weighted by molar-refractivity contribution is 6.08. The van der Waals surface area contributed by atoms with Gasteiger partial charge in [0.15, 0.2) is 0 Å². The first kappa shape index (κ1) is 18.7. The number of aliphatic hydroxyl groups excluding tert-OH is 1. The molecule has 8 nitrogen and oxygen atoms in total. The highest BCUT2D eigenvalue weighted by Crippen LogP contribution is 2.27. The van der Waals surface area contributed by atoms with E-state index >= 15 is 0 Å². The lowest BCUT2D eigenvalue weighted by molar-refractivity contribution is -0.136. The third kappa shape index (κ3) is 3.70. The minimum Gasteiger partial charge on any atom is -0.466 e. The summed E-state index contributed by atoms with van der Waals surface area (Å²) < 4.78 is 10.4. The normalized spacial score (nSPS) is 14.1. The highest BCUT2D eigenvalue weighted by atomic mass is 16.5. The summed E-state index contributed by atoms with van der Waals surface area (Å²) in [4.78, 5) is 30.4. The molecule has 0 aliphatic carbocycles. The number of aromatic nitrogens is 1. The van der Waals surface area contributed by atoms with Gasteiger partial charge < -0.3 is 24.5 Å². The third-order valence-electron chi connectivity index (χ3n) is 4.36. The number of rotatable bonds is 6. The maximum atomic E-state index is 12.6. The van der Waals surface area contributed by atoms with Crippen LogP contribution in [0.1, 0.15) is 11.5 Å². The Morgan fingerprint density at radius 3 is 2.81 bits per heavy atom. The number of esters is 1. The van der Waals surface area contributed by atoms with Gasteiger partial charge in [-0.1, -0.05) is 6.07 Å². The van der Waals surface area contributed by atoms with Gasteiger partial charge in [-0.05, 0) is 32.0 Å². The predicted molar refractivity (Wildman–Crippen MR) is 97.7 cm³/mol. The Morgan fingerprint density at radius 1 is 1.41 bits per heavy atom. The van der Waals surface area contributed by atoms with Crippen LogP contribution in [0.25, 0.3) is 11.5 Å². The minimum absolute atomic E-state index is 0.0895. The van der Waals surface area contributed by atoms with Gasteiger partial charge in [0.2, 0.25) is 5.89 Å². The molecule has 142 valence electrons. The molecule has 0 saturated carbocycles. The molecule has 1 aromatic carbocycles. The number of carbonyl (C=O) groups excluding carboxylic acids is 2. The fraction of sp³-hybridized carbons (Fsp3) is 0.316. The fourth-order valence-corrected chi connectivity index (χ4v) is 2.82. The van der Waals surface area contributed by atoms with Crippen molar-refractivity contribution < 1.29 is 23.8 Å². The van der Waals surface area contributed by atoms with Gasteiger partial charge in [0, 0.05) is 17.8 Å². The molecule has 1 aliphatic rings. The molecule has 8 heteroatoms. The Bertz CT molecular complexity index is 896.